The lowest BCUT2D eigenvalue weighted by atomic mass is 10.3. The second-order valence-electron chi connectivity index (χ2n) is 3.86. The van der Waals surface area contributed by atoms with Crippen molar-refractivity contribution in [2.45, 2.75) is 4.21 Å². The van der Waals surface area contributed by atoms with Gasteiger partial charge in [0.2, 0.25) is 0 Å². The third-order valence-corrected chi connectivity index (χ3v) is 6.14. The molecule has 0 amide bonds. The second kappa shape index (κ2) is 4.85. The molecule has 0 saturated carbocycles. The zero-order valence-electron chi connectivity index (χ0n) is 9.70. The summed E-state index contributed by atoms with van der Waals surface area (Å²) in [6, 6.07) is 4.65. The van der Waals surface area contributed by atoms with Gasteiger partial charge in [0.1, 0.15) is 15.2 Å². The Labute approximate surface area is 127 Å². The highest BCUT2D eigenvalue weighted by Crippen LogP contribution is 2.33. The fraction of sp³-hybridized carbons (Fsp3) is 0. The zero-order chi connectivity index (χ0) is 14.3. The summed E-state index contributed by atoms with van der Waals surface area (Å²) < 4.78 is 35.2. The lowest BCUT2D eigenvalue weighted by molar-refractivity contribution is 0.603. The number of hydrogen-bond donors (Lipinski definition) is 2. The first kappa shape index (κ1) is 13.6. The minimum absolute atomic E-state index is 0.117. The van der Waals surface area contributed by atoms with Gasteiger partial charge in [-0.2, -0.15) is 8.75 Å². The van der Waals surface area contributed by atoms with Gasteiger partial charge in [0.25, 0.3) is 10.0 Å². The van der Waals surface area contributed by atoms with Crippen LogP contribution in [0.1, 0.15) is 0 Å². The number of halogens is 1. The molecule has 0 aliphatic heterocycles. The molecule has 0 spiro atoms. The third kappa shape index (κ3) is 2.33. The number of aromatic nitrogens is 2. The Morgan fingerprint density at radius 2 is 2.10 bits per heavy atom. The molecule has 20 heavy (non-hydrogen) atoms. The third-order valence-electron chi connectivity index (χ3n) is 2.47. The Bertz CT molecular complexity index is 887. The van der Waals surface area contributed by atoms with Crippen LogP contribution in [0.4, 0.5) is 11.4 Å². The molecule has 3 rings (SSSR count). The molecule has 0 unspecified atom stereocenters. The van der Waals surface area contributed by atoms with Crippen molar-refractivity contribution in [1.82, 2.24) is 8.75 Å². The van der Waals surface area contributed by atoms with Crippen LogP contribution in [0.2, 0.25) is 5.02 Å². The van der Waals surface area contributed by atoms with Crippen LogP contribution in [-0.2, 0) is 10.0 Å². The van der Waals surface area contributed by atoms with Gasteiger partial charge in [0.05, 0.1) is 22.4 Å². The summed E-state index contributed by atoms with van der Waals surface area (Å²) >= 11 is 8.08. The van der Waals surface area contributed by atoms with Crippen molar-refractivity contribution in [2.75, 3.05) is 10.5 Å². The van der Waals surface area contributed by atoms with E-state index in [-0.39, 0.29) is 14.9 Å². The minimum atomic E-state index is -3.74. The Morgan fingerprint density at radius 3 is 2.80 bits per heavy atom. The van der Waals surface area contributed by atoms with E-state index >= 15 is 0 Å². The van der Waals surface area contributed by atoms with Crippen molar-refractivity contribution in [3.8, 4) is 0 Å². The highest BCUT2D eigenvalue weighted by atomic mass is 35.5. The Kier molecular flexibility index (Phi) is 3.28. The average molecular weight is 347 g/mol. The number of sulfonamides is 1. The average Bonchev–Trinajstić information content (AvgIpc) is 3.01. The van der Waals surface area contributed by atoms with Gasteiger partial charge in [-0.15, -0.1) is 11.3 Å². The number of nitrogens with one attached hydrogen (secondary N) is 1. The van der Waals surface area contributed by atoms with E-state index in [4.69, 9.17) is 17.3 Å². The molecule has 10 heteroatoms. The van der Waals surface area contributed by atoms with E-state index in [0.717, 1.165) is 23.1 Å². The van der Waals surface area contributed by atoms with Crippen LogP contribution in [-0.4, -0.2) is 17.2 Å². The van der Waals surface area contributed by atoms with E-state index in [1.54, 1.807) is 17.5 Å². The second-order valence-corrected chi connectivity index (χ2v) is 7.62. The van der Waals surface area contributed by atoms with E-state index in [1.807, 2.05) is 0 Å². The van der Waals surface area contributed by atoms with Crippen molar-refractivity contribution in [3.63, 3.8) is 0 Å². The maximum Gasteiger partial charge on any atom is 0.271 e. The van der Waals surface area contributed by atoms with Crippen LogP contribution >= 0.6 is 34.7 Å². The van der Waals surface area contributed by atoms with E-state index in [0.29, 0.717) is 16.7 Å². The summed E-state index contributed by atoms with van der Waals surface area (Å²) in [6.07, 6.45) is 0. The van der Waals surface area contributed by atoms with Crippen molar-refractivity contribution >= 4 is 67.1 Å². The Morgan fingerprint density at radius 1 is 1.30 bits per heavy atom. The van der Waals surface area contributed by atoms with Gasteiger partial charge in [0, 0.05) is 11.1 Å². The van der Waals surface area contributed by atoms with E-state index in [9.17, 15) is 8.42 Å². The predicted octanol–water partition coefficient (Wildman–Crippen LogP) is 2.79. The van der Waals surface area contributed by atoms with Crippen molar-refractivity contribution in [1.29, 1.82) is 0 Å². The highest BCUT2D eigenvalue weighted by molar-refractivity contribution is 7.94. The lowest BCUT2D eigenvalue weighted by Crippen LogP contribution is -2.12. The van der Waals surface area contributed by atoms with E-state index in [1.165, 1.54) is 6.07 Å². The summed E-state index contributed by atoms with van der Waals surface area (Å²) in [5.74, 6) is 0. The molecular formula is C10H7ClN4O2S3. The van der Waals surface area contributed by atoms with Crippen LogP contribution in [0, 0.1) is 0 Å². The fourth-order valence-corrected chi connectivity index (χ4v) is 4.55. The summed E-state index contributed by atoms with van der Waals surface area (Å²) in [4.78, 5) is 0. The maximum atomic E-state index is 12.3. The quantitative estimate of drug-likeness (QED) is 0.759. The molecule has 1 aromatic carbocycles. The lowest BCUT2D eigenvalue weighted by Gasteiger charge is -2.08. The van der Waals surface area contributed by atoms with E-state index in [2.05, 4.69) is 13.5 Å². The molecule has 0 saturated heterocycles. The molecule has 104 valence electrons. The summed E-state index contributed by atoms with van der Waals surface area (Å²) in [5.41, 5.74) is 7.18. The Balaban J connectivity index is 2.09. The monoisotopic (exact) mass is 346 g/mol. The van der Waals surface area contributed by atoms with Crippen molar-refractivity contribution < 1.29 is 8.42 Å². The summed E-state index contributed by atoms with van der Waals surface area (Å²) in [5, 5.41) is 1.82. The maximum absolute atomic E-state index is 12.3. The minimum Gasteiger partial charge on any atom is -0.398 e. The zero-order valence-corrected chi connectivity index (χ0v) is 12.9. The van der Waals surface area contributed by atoms with Crippen molar-refractivity contribution in [2.24, 2.45) is 0 Å². The van der Waals surface area contributed by atoms with E-state index < -0.39 is 10.0 Å². The number of nitrogens with two attached hydrogens (primary N) is 1. The number of nitrogens with zero attached hydrogens (tertiary/aromatic N) is 2. The molecule has 6 nitrogen and oxygen atoms in total. The van der Waals surface area contributed by atoms with Gasteiger partial charge in [-0.1, -0.05) is 11.6 Å². The predicted molar refractivity (Wildman–Crippen MR) is 82.0 cm³/mol. The summed E-state index contributed by atoms with van der Waals surface area (Å²) in [7, 11) is -3.74. The first-order chi connectivity index (χ1) is 9.47. The van der Waals surface area contributed by atoms with Crippen molar-refractivity contribution in [3.05, 3.63) is 28.6 Å². The van der Waals surface area contributed by atoms with Crippen LogP contribution in [0.5, 0.6) is 0 Å². The van der Waals surface area contributed by atoms with Gasteiger partial charge in [-0.3, -0.25) is 4.72 Å². The number of thiophene rings is 1. The highest BCUT2D eigenvalue weighted by Gasteiger charge is 2.20. The SMILES string of the molecule is Nc1csc(S(=O)(=O)Nc2c(Cl)ccc3nsnc23)c1. The number of hydrogen-bond acceptors (Lipinski definition) is 7. The largest absolute Gasteiger partial charge is 0.398 e. The molecule has 3 N–H and O–H groups in total. The topological polar surface area (TPSA) is 98.0 Å². The number of nitrogen functional groups attached to an aromatic ring is 1. The molecule has 0 atom stereocenters. The molecule has 0 aliphatic carbocycles. The molecular weight excluding hydrogens is 340 g/mol. The standard InChI is InChI=1S/C10H7ClN4O2S3/c11-6-1-2-7-10(14-19-13-7)9(6)15-20(16,17)8-3-5(12)4-18-8/h1-4,15H,12H2. The molecule has 0 bridgehead atoms. The Hall–Kier alpha value is -1.42. The van der Waals surface area contributed by atoms with Crippen LogP contribution < -0.4 is 10.5 Å². The number of fused-ring (bicyclic) bond motifs is 1. The number of rotatable bonds is 3. The summed E-state index contributed by atoms with van der Waals surface area (Å²) in [6.45, 7) is 0. The van der Waals surface area contributed by atoms with Crippen LogP contribution in [0.25, 0.3) is 11.0 Å². The molecule has 0 fully saturated rings. The molecule has 3 aromatic rings. The number of anilines is 2. The molecule has 2 aromatic heterocycles. The van der Waals surface area contributed by atoms with Gasteiger partial charge in [-0.25, -0.2) is 8.42 Å². The smallest absolute Gasteiger partial charge is 0.271 e. The van der Waals surface area contributed by atoms with Gasteiger partial charge in [0.15, 0.2) is 0 Å². The van der Waals surface area contributed by atoms with Crippen LogP contribution in [0.15, 0.2) is 27.8 Å². The first-order valence-corrected chi connectivity index (χ1v) is 8.72. The molecule has 2 heterocycles. The van der Waals surface area contributed by atoms with Gasteiger partial charge < -0.3 is 5.73 Å². The van der Waals surface area contributed by atoms with Gasteiger partial charge in [-0.05, 0) is 18.2 Å². The van der Waals surface area contributed by atoms with Gasteiger partial charge >= 0.3 is 0 Å². The molecule has 0 radical (unpaired) electrons. The molecule has 0 aliphatic rings. The number of benzene rings is 1. The van der Waals surface area contributed by atoms with Crippen LogP contribution in [0.3, 0.4) is 0 Å². The normalized spacial score (nSPS) is 11.8. The first-order valence-electron chi connectivity index (χ1n) is 5.25. The fourth-order valence-electron chi connectivity index (χ4n) is 1.58.